The quantitative estimate of drug-likeness (QED) is 0.746. The van der Waals surface area contributed by atoms with Crippen LogP contribution in [-0.2, 0) is 17.8 Å². The largest absolute Gasteiger partial charge is 0.376 e. The number of ether oxygens (including phenoxy) is 1. The van der Waals surface area contributed by atoms with Gasteiger partial charge in [0.1, 0.15) is 12.2 Å². The Labute approximate surface area is 83.5 Å². The van der Waals surface area contributed by atoms with Gasteiger partial charge in [-0.05, 0) is 19.9 Å². The summed E-state index contributed by atoms with van der Waals surface area (Å²) >= 11 is 0. The molecule has 1 fully saturated rings. The van der Waals surface area contributed by atoms with Crippen molar-refractivity contribution < 1.29 is 4.74 Å². The summed E-state index contributed by atoms with van der Waals surface area (Å²) in [5.41, 5.74) is 0. The van der Waals surface area contributed by atoms with Crippen molar-refractivity contribution in [2.24, 2.45) is 0 Å². The van der Waals surface area contributed by atoms with Gasteiger partial charge in [0.2, 0.25) is 0 Å². The zero-order chi connectivity index (χ0) is 9.80. The van der Waals surface area contributed by atoms with Gasteiger partial charge in [-0.3, -0.25) is 0 Å². The second-order valence-electron chi connectivity index (χ2n) is 3.56. The average Bonchev–Trinajstić information content (AvgIpc) is 2.80. The van der Waals surface area contributed by atoms with Crippen molar-refractivity contribution in [1.29, 1.82) is 0 Å². The van der Waals surface area contributed by atoms with E-state index in [1.165, 1.54) is 6.42 Å². The van der Waals surface area contributed by atoms with Crippen LogP contribution < -0.4 is 5.32 Å². The summed E-state index contributed by atoms with van der Waals surface area (Å²) < 4.78 is 7.62. The van der Waals surface area contributed by atoms with E-state index < -0.39 is 0 Å². The van der Waals surface area contributed by atoms with E-state index in [-0.39, 0.29) is 0 Å². The number of hydrogen-bond donors (Lipinski definition) is 1. The van der Waals surface area contributed by atoms with Crippen molar-refractivity contribution in [3.63, 3.8) is 0 Å². The molecule has 1 unspecified atom stereocenters. The molecule has 1 aliphatic rings. The van der Waals surface area contributed by atoms with E-state index in [1.807, 2.05) is 7.05 Å². The molecular weight excluding hydrogens is 180 g/mol. The Bertz CT molecular complexity index is 280. The van der Waals surface area contributed by atoms with Gasteiger partial charge in [0.05, 0.1) is 19.2 Å². The fourth-order valence-electron chi connectivity index (χ4n) is 1.73. The molecule has 0 radical (unpaired) electrons. The van der Waals surface area contributed by atoms with E-state index in [0.29, 0.717) is 6.10 Å². The maximum atomic E-state index is 5.56. The predicted octanol–water partition coefficient (Wildman–Crippen LogP) is 0.176. The zero-order valence-electron chi connectivity index (χ0n) is 8.44. The summed E-state index contributed by atoms with van der Waals surface area (Å²) in [6, 6.07) is 0. The molecule has 0 bridgehead atoms. The highest BCUT2D eigenvalue weighted by Gasteiger charge is 2.17. The Kier molecular flexibility index (Phi) is 3.10. The molecule has 14 heavy (non-hydrogen) atoms. The highest BCUT2D eigenvalue weighted by atomic mass is 16.5. The summed E-state index contributed by atoms with van der Waals surface area (Å²) in [5.74, 6) is 0.975. The Morgan fingerprint density at radius 3 is 3.36 bits per heavy atom. The van der Waals surface area contributed by atoms with Crippen molar-refractivity contribution in [1.82, 2.24) is 20.1 Å². The number of nitrogens with zero attached hydrogens (tertiary/aromatic N) is 3. The molecule has 1 saturated heterocycles. The van der Waals surface area contributed by atoms with Crippen LogP contribution in [0.15, 0.2) is 6.33 Å². The molecule has 2 heterocycles. The molecule has 1 aromatic rings. The molecule has 5 nitrogen and oxygen atoms in total. The second-order valence-corrected chi connectivity index (χ2v) is 3.56. The number of nitrogens with one attached hydrogen (secondary N) is 1. The first-order valence-electron chi connectivity index (χ1n) is 5.03. The summed E-state index contributed by atoms with van der Waals surface area (Å²) in [7, 11) is 1.91. The molecule has 1 N–H and O–H groups in total. The van der Waals surface area contributed by atoms with Crippen molar-refractivity contribution >= 4 is 0 Å². The first kappa shape index (κ1) is 9.61. The summed E-state index contributed by atoms with van der Waals surface area (Å²) in [5, 5.41) is 11.0. The topological polar surface area (TPSA) is 52.0 Å². The van der Waals surface area contributed by atoms with Crippen molar-refractivity contribution in [2.45, 2.75) is 32.0 Å². The summed E-state index contributed by atoms with van der Waals surface area (Å²) in [6.07, 6.45) is 4.45. The molecule has 1 aliphatic heterocycles. The molecule has 1 atom stereocenters. The minimum absolute atomic E-state index is 0.349. The fraction of sp³-hybridized carbons (Fsp3) is 0.778. The standard InChI is InChI=1S/C9H16N4O/c1-10-5-9-12-11-7-13(9)6-8-3-2-4-14-8/h7-8,10H,2-6H2,1H3. The van der Waals surface area contributed by atoms with Crippen molar-refractivity contribution in [3.8, 4) is 0 Å². The SMILES string of the molecule is CNCc1nncn1CC1CCCO1. The Morgan fingerprint density at radius 1 is 1.71 bits per heavy atom. The van der Waals surface area contributed by atoms with Crippen LogP contribution in [0.5, 0.6) is 0 Å². The highest BCUT2D eigenvalue weighted by molar-refractivity contribution is 4.86. The molecule has 1 aromatic heterocycles. The van der Waals surface area contributed by atoms with Crippen LogP contribution >= 0.6 is 0 Å². The van der Waals surface area contributed by atoms with Gasteiger partial charge in [0.15, 0.2) is 0 Å². The maximum Gasteiger partial charge on any atom is 0.146 e. The van der Waals surface area contributed by atoms with E-state index >= 15 is 0 Å². The van der Waals surface area contributed by atoms with E-state index in [1.54, 1.807) is 6.33 Å². The Balaban J connectivity index is 1.96. The molecular formula is C9H16N4O. The van der Waals surface area contributed by atoms with Crippen LogP contribution in [0, 0.1) is 0 Å². The molecule has 78 valence electrons. The second kappa shape index (κ2) is 4.52. The smallest absolute Gasteiger partial charge is 0.146 e. The Hall–Kier alpha value is -0.940. The van der Waals surface area contributed by atoms with E-state index in [4.69, 9.17) is 4.74 Å². The normalized spacial score (nSPS) is 21.6. The number of aromatic nitrogens is 3. The summed E-state index contributed by atoms with van der Waals surface area (Å²) in [4.78, 5) is 0. The van der Waals surface area contributed by atoms with Crippen LogP contribution in [-0.4, -0.2) is 34.5 Å². The van der Waals surface area contributed by atoms with Crippen LogP contribution in [0.25, 0.3) is 0 Å². The lowest BCUT2D eigenvalue weighted by molar-refractivity contribution is 0.0961. The highest BCUT2D eigenvalue weighted by Crippen LogP contribution is 2.14. The van der Waals surface area contributed by atoms with E-state index in [0.717, 1.165) is 31.9 Å². The lowest BCUT2D eigenvalue weighted by Crippen LogP contribution is -2.19. The minimum atomic E-state index is 0.349. The molecule has 2 rings (SSSR count). The van der Waals surface area contributed by atoms with Gasteiger partial charge in [-0.2, -0.15) is 0 Å². The fourth-order valence-corrected chi connectivity index (χ4v) is 1.73. The van der Waals surface area contributed by atoms with Crippen LogP contribution in [0.1, 0.15) is 18.7 Å². The van der Waals surface area contributed by atoms with Crippen molar-refractivity contribution in [2.75, 3.05) is 13.7 Å². The van der Waals surface area contributed by atoms with Crippen LogP contribution in [0.3, 0.4) is 0 Å². The molecule has 0 aliphatic carbocycles. The number of rotatable bonds is 4. The monoisotopic (exact) mass is 196 g/mol. The third-order valence-corrected chi connectivity index (χ3v) is 2.45. The lowest BCUT2D eigenvalue weighted by atomic mass is 10.2. The van der Waals surface area contributed by atoms with Gasteiger partial charge >= 0.3 is 0 Å². The third-order valence-electron chi connectivity index (χ3n) is 2.45. The van der Waals surface area contributed by atoms with E-state index in [9.17, 15) is 0 Å². The zero-order valence-corrected chi connectivity index (χ0v) is 8.44. The molecule has 0 amide bonds. The van der Waals surface area contributed by atoms with E-state index in [2.05, 4.69) is 20.1 Å². The first-order chi connectivity index (χ1) is 6.90. The first-order valence-corrected chi connectivity index (χ1v) is 5.03. The van der Waals surface area contributed by atoms with Gasteiger partial charge in [-0.1, -0.05) is 0 Å². The van der Waals surface area contributed by atoms with Gasteiger partial charge < -0.3 is 14.6 Å². The van der Waals surface area contributed by atoms with Gasteiger partial charge in [0, 0.05) is 6.61 Å². The number of hydrogen-bond acceptors (Lipinski definition) is 4. The van der Waals surface area contributed by atoms with Gasteiger partial charge in [-0.15, -0.1) is 10.2 Å². The Morgan fingerprint density at radius 2 is 2.64 bits per heavy atom. The van der Waals surface area contributed by atoms with Crippen LogP contribution in [0.2, 0.25) is 0 Å². The predicted molar refractivity (Wildman–Crippen MR) is 51.8 cm³/mol. The average molecular weight is 196 g/mol. The molecule has 0 saturated carbocycles. The van der Waals surface area contributed by atoms with Gasteiger partial charge in [0.25, 0.3) is 0 Å². The lowest BCUT2D eigenvalue weighted by Gasteiger charge is -2.11. The molecule has 5 heteroatoms. The summed E-state index contributed by atoms with van der Waals surface area (Å²) in [6.45, 7) is 2.53. The molecule has 0 aromatic carbocycles. The minimum Gasteiger partial charge on any atom is -0.376 e. The van der Waals surface area contributed by atoms with Crippen LogP contribution in [0.4, 0.5) is 0 Å². The molecule has 0 spiro atoms. The maximum absolute atomic E-state index is 5.56. The van der Waals surface area contributed by atoms with Crippen molar-refractivity contribution in [3.05, 3.63) is 12.2 Å². The third kappa shape index (κ3) is 2.10. The van der Waals surface area contributed by atoms with Gasteiger partial charge in [-0.25, -0.2) is 0 Å².